The lowest BCUT2D eigenvalue weighted by Gasteiger charge is -2.12. The van der Waals surface area contributed by atoms with Crippen molar-refractivity contribution < 1.29 is 0 Å². The molecular formula is C18H19N. The molecule has 1 atom stereocenters. The standard InChI is InChI=1S/C18H19N/c1-3-8-15(9-4-1)18(14-17-12-7-13-19-17)16-10-5-2-6-11-16/h1-6,8-11,14,17,19H,7,12-13H2. The maximum absolute atomic E-state index is 3.55. The van der Waals surface area contributed by atoms with Gasteiger partial charge in [0.25, 0.3) is 0 Å². The van der Waals surface area contributed by atoms with Crippen LogP contribution >= 0.6 is 0 Å². The number of nitrogens with one attached hydrogen (secondary N) is 1. The first kappa shape index (κ1) is 12.2. The van der Waals surface area contributed by atoms with Crippen LogP contribution in [-0.2, 0) is 0 Å². The third-order valence-electron chi connectivity index (χ3n) is 3.64. The van der Waals surface area contributed by atoms with Crippen molar-refractivity contribution in [2.45, 2.75) is 18.9 Å². The topological polar surface area (TPSA) is 12.0 Å². The predicted molar refractivity (Wildman–Crippen MR) is 81.0 cm³/mol. The molecule has 1 saturated heterocycles. The van der Waals surface area contributed by atoms with Crippen molar-refractivity contribution in [3.8, 4) is 0 Å². The average molecular weight is 249 g/mol. The zero-order chi connectivity index (χ0) is 12.9. The quantitative estimate of drug-likeness (QED) is 0.870. The van der Waals surface area contributed by atoms with Crippen molar-refractivity contribution in [1.29, 1.82) is 0 Å². The van der Waals surface area contributed by atoms with Gasteiger partial charge in [0, 0.05) is 6.04 Å². The summed E-state index contributed by atoms with van der Waals surface area (Å²) in [5.41, 5.74) is 3.92. The molecule has 2 aromatic rings. The molecular weight excluding hydrogens is 230 g/mol. The van der Waals surface area contributed by atoms with Gasteiger partial charge in [-0.05, 0) is 36.1 Å². The van der Waals surface area contributed by atoms with Crippen LogP contribution in [0.1, 0.15) is 24.0 Å². The lowest BCUT2D eigenvalue weighted by Crippen LogP contribution is -2.19. The Morgan fingerprint density at radius 1 is 0.895 bits per heavy atom. The van der Waals surface area contributed by atoms with Crippen LogP contribution in [0.3, 0.4) is 0 Å². The molecule has 3 rings (SSSR count). The number of benzene rings is 2. The minimum atomic E-state index is 0.510. The van der Waals surface area contributed by atoms with Gasteiger partial charge in [-0.2, -0.15) is 0 Å². The molecule has 0 radical (unpaired) electrons. The molecule has 0 saturated carbocycles. The molecule has 2 aromatic carbocycles. The molecule has 1 fully saturated rings. The van der Waals surface area contributed by atoms with Crippen LogP contribution in [0.4, 0.5) is 0 Å². The largest absolute Gasteiger partial charge is 0.310 e. The van der Waals surface area contributed by atoms with E-state index >= 15 is 0 Å². The van der Waals surface area contributed by atoms with Crippen molar-refractivity contribution in [1.82, 2.24) is 5.32 Å². The van der Waals surface area contributed by atoms with Gasteiger partial charge < -0.3 is 5.32 Å². The van der Waals surface area contributed by atoms with Gasteiger partial charge in [0.15, 0.2) is 0 Å². The fourth-order valence-electron chi connectivity index (χ4n) is 2.65. The Morgan fingerprint density at radius 3 is 1.95 bits per heavy atom. The van der Waals surface area contributed by atoms with Crippen LogP contribution in [0.5, 0.6) is 0 Å². The van der Waals surface area contributed by atoms with Crippen molar-refractivity contribution in [2.24, 2.45) is 0 Å². The second-order valence-corrected chi connectivity index (χ2v) is 5.02. The fourth-order valence-corrected chi connectivity index (χ4v) is 2.65. The van der Waals surface area contributed by atoms with Gasteiger partial charge in [0.2, 0.25) is 0 Å². The van der Waals surface area contributed by atoms with Crippen molar-refractivity contribution in [2.75, 3.05) is 6.54 Å². The summed E-state index contributed by atoms with van der Waals surface area (Å²) in [6.45, 7) is 1.14. The monoisotopic (exact) mass is 249 g/mol. The van der Waals surface area contributed by atoms with E-state index in [9.17, 15) is 0 Å². The van der Waals surface area contributed by atoms with E-state index in [0.29, 0.717) is 6.04 Å². The van der Waals surface area contributed by atoms with E-state index < -0.39 is 0 Å². The molecule has 1 unspecified atom stereocenters. The zero-order valence-corrected chi connectivity index (χ0v) is 11.0. The summed E-state index contributed by atoms with van der Waals surface area (Å²) in [5.74, 6) is 0. The van der Waals surface area contributed by atoms with E-state index in [0.717, 1.165) is 6.54 Å². The Kier molecular flexibility index (Phi) is 3.75. The zero-order valence-electron chi connectivity index (χ0n) is 11.0. The third kappa shape index (κ3) is 2.94. The molecule has 1 N–H and O–H groups in total. The van der Waals surface area contributed by atoms with Crippen LogP contribution in [0.25, 0.3) is 5.57 Å². The van der Waals surface area contributed by atoms with Gasteiger partial charge in [0.1, 0.15) is 0 Å². The van der Waals surface area contributed by atoms with Crippen LogP contribution in [-0.4, -0.2) is 12.6 Å². The Morgan fingerprint density at radius 2 is 1.47 bits per heavy atom. The van der Waals surface area contributed by atoms with Crippen LogP contribution in [0.2, 0.25) is 0 Å². The smallest absolute Gasteiger partial charge is 0.0259 e. The van der Waals surface area contributed by atoms with E-state index in [-0.39, 0.29) is 0 Å². The average Bonchev–Trinajstić information content (AvgIpc) is 3.00. The molecule has 19 heavy (non-hydrogen) atoms. The van der Waals surface area contributed by atoms with Gasteiger partial charge in [-0.3, -0.25) is 0 Å². The lowest BCUT2D eigenvalue weighted by atomic mass is 9.95. The molecule has 0 amide bonds. The van der Waals surface area contributed by atoms with Gasteiger partial charge in [-0.15, -0.1) is 0 Å². The van der Waals surface area contributed by atoms with E-state index in [4.69, 9.17) is 0 Å². The second-order valence-electron chi connectivity index (χ2n) is 5.02. The van der Waals surface area contributed by atoms with E-state index in [1.54, 1.807) is 0 Å². The highest BCUT2D eigenvalue weighted by Crippen LogP contribution is 2.25. The number of rotatable bonds is 3. The SMILES string of the molecule is C(=C(c1ccccc1)c1ccccc1)C1CCCN1. The van der Waals surface area contributed by atoms with Crippen LogP contribution in [0.15, 0.2) is 66.7 Å². The fraction of sp³-hybridized carbons (Fsp3) is 0.222. The Bertz CT molecular complexity index is 495. The summed E-state index contributed by atoms with van der Waals surface area (Å²) < 4.78 is 0. The summed E-state index contributed by atoms with van der Waals surface area (Å²) in [4.78, 5) is 0. The molecule has 1 heteroatoms. The van der Waals surface area contributed by atoms with E-state index in [1.807, 2.05) is 0 Å². The van der Waals surface area contributed by atoms with Crippen molar-refractivity contribution in [3.05, 3.63) is 77.9 Å². The highest BCUT2D eigenvalue weighted by Gasteiger charge is 2.13. The first-order valence-corrected chi connectivity index (χ1v) is 6.99. The molecule has 1 heterocycles. The van der Waals surface area contributed by atoms with E-state index in [2.05, 4.69) is 72.1 Å². The summed E-state index contributed by atoms with van der Waals surface area (Å²) in [6, 6.07) is 21.8. The molecule has 0 bridgehead atoms. The lowest BCUT2D eigenvalue weighted by molar-refractivity contribution is 0.729. The van der Waals surface area contributed by atoms with Gasteiger partial charge >= 0.3 is 0 Å². The first-order valence-electron chi connectivity index (χ1n) is 6.99. The summed E-state index contributed by atoms with van der Waals surface area (Å²) in [7, 11) is 0. The minimum Gasteiger partial charge on any atom is -0.310 e. The maximum Gasteiger partial charge on any atom is 0.0259 e. The van der Waals surface area contributed by atoms with Crippen molar-refractivity contribution in [3.63, 3.8) is 0 Å². The molecule has 1 nitrogen and oxygen atoms in total. The van der Waals surface area contributed by atoms with Crippen molar-refractivity contribution >= 4 is 5.57 Å². The molecule has 0 aliphatic carbocycles. The Hall–Kier alpha value is -1.86. The maximum atomic E-state index is 3.55. The molecule has 1 aliphatic heterocycles. The van der Waals surface area contributed by atoms with Gasteiger partial charge in [0.05, 0.1) is 0 Å². The number of hydrogen-bond donors (Lipinski definition) is 1. The van der Waals surface area contributed by atoms with Gasteiger partial charge in [-0.1, -0.05) is 66.7 Å². The third-order valence-corrected chi connectivity index (χ3v) is 3.64. The molecule has 0 spiro atoms. The highest BCUT2D eigenvalue weighted by molar-refractivity contribution is 5.80. The summed E-state index contributed by atoms with van der Waals surface area (Å²) >= 11 is 0. The number of hydrogen-bond acceptors (Lipinski definition) is 1. The van der Waals surface area contributed by atoms with E-state index in [1.165, 1.54) is 29.5 Å². The van der Waals surface area contributed by atoms with Crippen LogP contribution < -0.4 is 5.32 Å². The highest BCUT2D eigenvalue weighted by atomic mass is 14.9. The second kappa shape index (κ2) is 5.85. The minimum absolute atomic E-state index is 0.510. The molecule has 0 aromatic heterocycles. The van der Waals surface area contributed by atoms with Crippen LogP contribution in [0, 0.1) is 0 Å². The predicted octanol–water partition coefficient (Wildman–Crippen LogP) is 3.87. The summed E-state index contributed by atoms with van der Waals surface area (Å²) in [5, 5.41) is 3.55. The summed E-state index contributed by atoms with van der Waals surface area (Å²) in [6.07, 6.45) is 4.90. The van der Waals surface area contributed by atoms with Gasteiger partial charge in [-0.25, -0.2) is 0 Å². The Labute approximate surface area is 115 Å². The Balaban J connectivity index is 2.01. The molecule has 1 aliphatic rings. The molecule has 96 valence electrons. The normalized spacial score (nSPS) is 18.2. The first-order chi connectivity index (χ1) is 9.43.